The maximum Gasteiger partial charge on any atom is 0.342 e. The third-order valence-electron chi connectivity index (χ3n) is 3.58. The first-order valence-electron chi connectivity index (χ1n) is 7.45. The van der Waals surface area contributed by atoms with Crippen molar-refractivity contribution in [2.75, 3.05) is 6.61 Å². The van der Waals surface area contributed by atoms with Gasteiger partial charge in [0, 0.05) is 16.0 Å². The summed E-state index contributed by atoms with van der Waals surface area (Å²) in [6.45, 7) is 1.80. The Kier molecular flexibility index (Phi) is 4.62. The summed E-state index contributed by atoms with van der Waals surface area (Å²) in [5.41, 5.74) is 0.793. The Bertz CT molecular complexity index is 858. The number of halogens is 1. The van der Waals surface area contributed by atoms with Gasteiger partial charge in [0.2, 0.25) is 0 Å². The molecule has 0 spiro atoms. The highest BCUT2D eigenvalue weighted by atomic mass is 32.1. The lowest BCUT2D eigenvalue weighted by molar-refractivity contribution is 0.0523. The van der Waals surface area contributed by atoms with Gasteiger partial charge >= 0.3 is 5.97 Å². The Balaban J connectivity index is 2.29. The minimum atomic E-state index is -0.739. The van der Waals surface area contributed by atoms with Gasteiger partial charge in [-0.15, -0.1) is 11.3 Å². The van der Waals surface area contributed by atoms with Crippen LogP contribution >= 0.6 is 11.3 Å². The molecular weight excluding hydrogens is 327 g/mol. The molecule has 122 valence electrons. The zero-order valence-electron chi connectivity index (χ0n) is 13.0. The summed E-state index contributed by atoms with van der Waals surface area (Å²) in [7, 11) is 0. The average molecular weight is 342 g/mol. The van der Waals surface area contributed by atoms with Crippen molar-refractivity contribution < 1.29 is 19.0 Å². The maximum absolute atomic E-state index is 15.3. The van der Waals surface area contributed by atoms with Crippen LogP contribution in [0.1, 0.15) is 17.3 Å². The molecule has 0 radical (unpaired) electrons. The van der Waals surface area contributed by atoms with Gasteiger partial charge in [-0.25, -0.2) is 9.18 Å². The minimum Gasteiger partial charge on any atom is -0.507 e. The number of phenolic OH excluding ortho intramolecular Hbond substituents is 1. The molecule has 0 aliphatic carbocycles. The summed E-state index contributed by atoms with van der Waals surface area (Å²) < 4.78 is 20.2. The monoisotopic (exact) mass is 342 g/mol. The third-order valence-corrected chi connectivity index (χ3v) is 4.46. The van der Waals surface area contributed by atoms with E-state index in [1.54, 1.807) is 48.7 Å². The molecule has 0 fully saturated rings. The van der Waals surface area contributed by atoms with E-state index in [0.29, 0.717) is 10.4 Å². The van der Waals surface area contributed by atoms with Crippen LogP contribution in [0.5, 0.6) is 5.75 Å². The molecular formula is C19H15FO3S. The number of hydrogen-bond acceptors (Lipinski definition) is 4. The fraction of sp³-hybridized carbons (Fsp3) is 0.105. The molecule has 0 aliphatic rings. The van der Waals surface area contributed by atoms with Crippen molar-refractivity contribution >= 4 is 17.3 Å². The second-order valence-electron chi connectivity index (χ2n) is 5.07. The van der Waals surface area contributed by atoms with Crippen LogP contribution < -0.4 is 0 Å². The van der Waals surface area contributed by atoms with Crippen molar-refractivity contribution in [2.45, 2.75) is 6.92 Å². The largest absolute Gasteiger partial charge is 0.507 e. The molecule has 0 saturated carbocycles. The molecule has 0 atom stereocenters. The number of esters is 1. The zero-order chi connectivity index (χ0) is 17.1. The minimum absolute atomic E-state index is 0.0716. The molecule has 3 aromatic rings. The van der Waals surface area contributed by atoms with Gasteiger partial charge in [-0.2, -0.15) is 0 Å². The SMILES string of the molecule is CCOC(=O)c1c(O)cc(-c2ccccc2)c(F)c1-c1cccs1. The van der Waals surface area contributed by atoms with Gasteiger partial charge in [0.1, 0.15) is 17.1 Å². The fourth-order valence-electron chi connectivity index (χ4n) is 2.53. The summed E-state index contributed by atoms with van der Waals surface area (Å²) in [6.07, 6.45) is 0. The molecule has 3 rings (SSSR count). The number of carbonyl (C=O) groups is 1. The van der Waals surface area contributed by atoms with E-state index in [1.807, 2.05) is 6.07 Å². The van der Waals surface area contributed by atoms with Gasteiger partial charge in [0.15, 0.2) is 0 Å². The van der Waals surface area contributed by atoms with Crippen LogP contribution in [-0.2, 0) is 4.74 Å². The Morgan fingerprint density at radius 3 is 2.58 bits per heavy atom. The number of carbonyl (C=O) groups excluding carboxylic acids is 1. The van der Waals surface area contributed by atoms with E-state index in [1.165, 1.54) is 17.4 Å². The molecule has 1 N–H and O–H groups in total. The lowest BCUT2D eigenvalue weighted by Crippen LogP contribution is -2.08. The molecule has 24 heavy (non-hydrogen) atoms. The molecule has 1 aromatic heterocycles. The number of rotatable bonds is 4. The van der Waals surface area contributed by atoms with Crippen molar-refractivity contribution in [1.29, 1.82) is 0 Å². The van der Waals surface area contributed by atoms with Crippen molar-refractivity contribution in [3.8, 4) is 27.3 Å². The lowest BCUT2D eigenvalue weighted by Gasteiger charge is -2.14. The summed E-state index contributed by atoms with van der Waals surface area (Å²) in [5.74, 6) is -1.58. The first-order valence-corrected chi connectivity index (χ1v) is 8.33. The van der Waals surface area contributed by atoms with E-state index in [9.17, 15) is 9.90 Å². The number of hydrogen-bond donors (Lipinski definition) is 1. The van der Waals surface area contributed by atoms with E-state index >= 15 is 4.39 Å². The summed E-state index contributed by atoms with van der Waals surface area (Å²) in [5, 5.41) is 12.2. The molecule has 1 heterocycles. The third kappa shape index (κ3) is 2.90. The fourth-order valence-corrected chi connectivity index (χ4v) is 3.30. The van der Waals surface area contributed by atoms with Crippen molar-refractivity contribution in [3.05, 3.63) is 65.3 Å². The van der Waals surface area contributed by atoms with E-state index in [-0.39, 0.29) is 29.0 Å². The van der Waals surface area contributed by atoms with E-state index in [0.717, 1.165) is 0 Å². The standard InChI is InChI=1S/C19H15FO3S/c1-2-23-19(22)16-14(21)11-13(12-7-4-3-5-8-12)18(20)17(16)15-9-6-10-24-15/h3-11,21H,2H2,1H3. The quantitative estimate of drug-likeness (QED) is 0.671. The van der Waals surface area contributed by atoms with Gasteiger partial charge in [-0.1, -0.05) is 36.4 Å². The molecule has 0 aliphatic heterocycles. The molecule has 0 amide bonds. The molecule has 3 nitrogen and oxygen atoms in total. The average Bonchev–Trinajstić information content (AvgIpc) is 3.11. The number of phenols is 1. The van der Waals surface area contributed by atoms with Crippen molar-refractivity contribution in [3.63, 3.8) is 0 Å². The summed E-state index contributed by atoms with van der Waals surface area (Å²) in [6, 6.07) is 13.6. The molecule has 0 bridgehead atoms. The highest BCUT2D eigenvalue weighted by Gasteiger charge is 2.26. The summed E-state index contributed by atoms with van der Waals surface area (Å²) >= 11 is 1.29. The first kappa shape index (κ1) is 16.2. The Hall–Kier alpha value is -2.66. The van der Waals surface area contributed by atoms with Gasteiger partial charge in [-0.05, 0) is 30.0 Å². The van der Waals surface area contributed by atoms with Crippen LogP contribution in [0.2, 0.25) is 0 Å². The van der Waals surface area contributed by atoms with Crippen LogP contribution in [-0.4, -0.2) is 17.7 Å². The summed E-state index contributed by atoms with van der Waals surface area (Å²) in [4.78, 5) is 12.8. The smallest absolute Gasteiger partial charge is 0.342 e. The number of benzene rings is 2. The molecule has 2 aromatic carbocycles. The Labute approximate surface area is 143 Å². The normalized spacial score (nSPS) is 10.6. The number of thiophene rings is 1. The number of ether oxygens (including phenoxy) is 1. The predicted octanol–water partition coefficient (Wildman–Crippen LogP) is 5.10. The van der Waals surface area contributed by atoms with E-state index in [2.05, 4.69) is 0 Å². The predicted molar refractivity (Wildman–Crippen MR) is 92.8 cm³/mol. The topological polar surface area (TPSA) is 46.5 Å². The Morgan fingerprint density at radius 2 is 1.96 bits per heavy atom. The van der Waals surface area contributed by atoms with Gasteiger partial charge in [-0.3, -0.25) is 0 Å². The molecule has 0 saturated heterocycles. The van der Waals surface area contributed by atoms with Crippen LogP contribution in [0.4, 0.5) is 4.39 Å². The number of aromatic hydroxyl groups is 1. The second kappa shape index (κ2) is 6.84. The van der Waals surface area contributed by atoms with Crippen LogP contribution in [0, 0.1) is 5.82 Å². The van der Waals surface area contributed by atoms with Crippen molar-refractivity contribution in [2.24, 2.45) is 0 Å². The molecule has 0 unspecified atom stereocenters. The van der Waals surface area contributed by atoms with Crippen molar-refractivity contribution in [1.82, 2.24) is 0 Å². The second-order valence-corrected chi connectivity index (χ2v) is 6.02. The van der Waals surface area contributed by atoms with Gasteiger partial charge < -0.3 is 9.84 Å². The van der Waals surface area contributed by atoms with E-state index < -0.39 is 11.8 Å². The maximum atomic E-state index is 15.3. The van der Waals surface area contributed by atoms with Gasteiger partial charge in [0.05, 0.1) is 6.61 Å². The Morgan fingerprint density at radius 1 is 1.21 bits per heavy atom. The highest BCUT2D eigenvalue weighted by Crippen LogP contribution is 2.41. The van der Waals surface area contributed by atoms with Gasteiger partial charge in [0.25, 0.3) is 0 Å². The highest BCUT2D eigenvalue weighted by molar-refractivity contribution is 7.13. The van der Waals surface area contributed by atoms with Crippen LogP contribution in [0.3, 0.4) is 0 Å². The lowest BCUT2D eigenvalue weighted by atomic mass is 9.96. The van der Waals surface area contributed by atoms with Crippen LogP contribution in [0.25, 0.3) is 21.6 Å². The molecule has 5 heteroatoms. The van der Waals surface area contributed by atoms with E-state index in [4.69, 9.17) is 4.74 Å². The van der Waals surface area contributed by atoms with Crippen LogP contribution in [0.15, 0.2) is 53.9 Å². The zero-order valence-corrected chi connectivity index (χ0v) is 13.8. The first-order chi connectivity index (χ1) is 11.6.